The Kier molecular flexibility index (Phi) is 8.03. The number of sulfonamides is 1. The molecule has 3 aromatic carbocycles. The summed E-state index contributed by atoms with van der Waals surface area (Å²) in [4.78, 5) is 12.4. The van der Waals surface area contributed by atoms with E-state index < -0.39 is 10.0 Å². The van der Waals surface area contributed by atoms with Crippen LogP contribution in [0, 0.1) is 13.8 Å². The summed E-state index contributed by atoms with van der Waals surface area (Å²) in [5, 5.41) is 2.83. The number of ether oxygens (including phenoxy) is 1. The summed E-state index contributed by atoms with van der Waals surface area (Å²) >= 11 is 0. The zero-order chi connectivity index (χ0) is 23.0. The summed E-state index contributed by atoms with van der Waals surface area (Å²) in [5.41, 5.74) is 3.88. The lowest BCUT2D eigenvalue weighted by molar-refractivity contribution is -0.121. The van der Waals surface area contributed by atoms with Gasteiger partial charge in [0, 0.05) is 19.5 Å². The number of amides is 1. The number of hydrogen-bond donors (Lipinski definition) is 2. The van der Waals surface area contributed by atoms with Gasteiger partial charge in [-0.05, 0) is 60.4 Å². The topological polar surface area (TPSA) is 84.5 Å². The van der Waals surface area contributed by atoms with Crippen LogP contribution in [-0.2, 0) is 28.0 Å². The highest BCUT2D eigenvalue weighted by atomic mass is 32.2. The van der Waals surface area contributed by atoms with E-state index in [1.165, 1.54) is 0 Å². The second-order valence-corrected chi connectivity index (χ2v) is 9.36. The molecule has 0 atom stereocenters. The van der Waals surface area contributed by atoms with Crippen molar-refractivity contribution >= 4 is 15.9 Å². The number of aryl methyl sites for hydroxylation is 2. The summed E-state index contributed by atoms with van der Waals surface area (Å²) in [6, 6.07) is 22.3. The van der Waals surface area contributed by atoms with Crippen LogP contribution in [0.15, 0.2) is 77.7 Å². The zero-order valence-electron chi connectivity index (χ0n) is 18.3. The summed E-state index contributed by atoms with van der Waals surface area (Å²) in [7, 11) is -3.64. The fourth-order valence-electron chi connectivity index (χ4n) is 3.07. The van der Waals surface area contributed by atoms with Gasteiger partial charge in [-0.25, -0.2) is 13.1 Å². The lowest BCUT2D eigenvalue weighted by Crippen LogP contribution is -2.30. The van der Waals surface area contributed by atoms with Crippen molar-refractivity contribution in [1.82, 2.24) is 10.0 Å². The lowest BCUT2D eigenvalue weighted by Gasteiger charge is -2.10. The Labute approximate surface area is 189 Å². The molecular formula is C25H28N2O4S. The number of para-hydroxylation sites is 1. The number of carbonyl (C=O) groups is 1. The fourth-order valence-corrected chi connectivity index (χ4v) is 4.18. The SMILES string of the molecule is Cc1ccc(S(=O)(=O)NCCC(=O)NCc2cccc(COc3ccccc3)c2)cc1C. The summed E-state index contributed by atoms with van der Waals surface area (Å²) in [6.07, 6.45) is 0.0564. The maximum atomic E-state index is 12.4. The lowest BCUT2D eigenvalue weighted by atomic mass is 10.1. The van der Waals surface area contributed by atoms with Crippen LogP contribution in [0.3, 0.4) is 0 Å². The minimum atomic E-state index is -3.64. The molecular weight excluding hydrogens is 424 g/mol. The molecule has 0 unspecified atom stereocenters. The van der Waals surface area contributed by atoms with Gasteiger partial charge in [0.05, 0.1) is 4.90 Å². The van der Waals surface area contributed by atoms with Gasteiger partial charge in [-0.1, -0.05) is 48.5 Å². The summed E-state index contributed by atoms with van der Waals surface area (Å²) in [6.45, 7) is 4.63. The maximum absolute atomic E-state index is 12.4. The Morgan fingerprint density at radius 3 is 2.38 bits per heavy atom. The van der Waals surface area contributed by atoms with E-state index in [1.807, 2.05) is 68.4 Å². The molecule has 0 aliphatic heterocycles. The van der Waals surface area contributed by atoms with Crippen LogP contribution >= 0.6 is 0 Å². The van der Waals surface area contributed by atoms with Crippen LogP contribution in [0.25, 0.3) is 0 Å². The minimum absolute atomic E-state index is 0.0338. The highest BCUT2D eigenvalue weighted by Gasteiger charge is 2.14. The third-order valence-electron chi connectivity index (χ3n) is 5.06. The van der Waals surface area contributed by atoms with E-state index in [2.05, 4.69) is 10.0 Å². The van der Waals surface area contributed by atoms with Crippen LogP contribution in [0.1, 0.15) is 28.7 Å². The number of nitrogens with one attached hydrogen (secondary N) is 2. The Morgan fingerprint density at radius 2 is 1.62 bits per heavy atom. The van der Waals surface area contributed by atoms with E-state index in [0.29, 0.717) is 13.2 Å². The first kappa shape index (κ1) is 23.5. The Morgan fingerprint density at radius 1 is 0.875 bits per heavy atom. The van der Waals surface area contributed by atoms with Gasteiger partial charge in [0.25, 0.3) is 0 Å². The van der Waals surface area contributed by atoms with E-state index in [0.717, 1.165) is 28.0 Å². The van der Waals surface area contributed by atoms with Gasteiger partial charge in [-0.3, -0.25) is 4.79 Å². The second kappa shape index (κ2) is 10.9. The molecule has 0 aliphatic carbocycles. The Bertz CT molecular complexity index is 1160. The molecule has 0 saturated heterocycles. The fraction of sp³-hybridized carbons (Fsp3) is 0.240. The molecule has 3 rings (SSSR count). The maximum Gasteiger partial charge on any atom is 0.240 e. The number of benzene rings is 3. The third-order valence-corrected chi connectivity index (χ3v) is 6.52. The first-order valence-corrected chi connectivity index (χ1v) is 11.9. The van der Waals surface area contributed by atoms with Gasteiger partial charge in [0.2, 0.25) is 15.9 Å². The normalized spacial score (nSPS) is 11.2. The van der Waals surface area contributed by atoms with E-state index in [4.69, 9.17) is 4.74 Å². The third kappa shape index (κ3) is 6.93. The van der Waals surface area contributed by atoms with Crippen molar-refractivity contribution in [3.05, 3.63) is 95.1 Å². The Balaban J connectivity index is 1.44. The van der Waals surface area contributed by atoms with Crippen LogP contribution in [-0.4, -0.2) is 20.9 Å². The average Bonchev–Trinajstić information content (AvgIpc) is 2.79. The second-order valence-electron chi connectivity index (χ2n) is 7.59. The van der Waals surface area contributed by atoms with E-state index >= 15 is 0 Å². The van der Waals surface area contributed by atoms with Crippen molar-refractivity contribution in [2.45, 2.75) is 38.3 Å². The first-order valence-electron chi connectivity index (χ1n) is 10.4. The number of rotatable bonds is 10. The van der Waals surface area contributed by atoms with E-state index in [-0.39, 0.29) is 23.8 Å². The van der Waals surface area contributed by atoms with Crippen LogP contribution in [0.5, 0.6) is 5.75 Å². The first-order chi connectivity index (χ1) is 15.3. The van der Waals surface area contributed by atoms with Crippen molar-refractivity contribution in [1.29, 1.82) is 0 Å². The molecule has 0 aliphatic rings. The Hall–Kier alpha value is -3.16. The monoisotopic (exact) mass is 452 g/mol. The molecule has 0 spiro atoms. The van der Waals surface area contributed by atoms with E-state index in [9.17, 15) is 13.2 Å². The van der Waals surface area contributed by atoms with Gasteiger partial charge in [0.15, 0.2) is 0 Å². The molecule has 0 aromatic heterocycles. The molecule has 3 aromatic rings. The van der Waals surface area contributed by atoms with Crippen molar-refractivity contribution in [2.75, 3.05) is 6.54 Å². The molecule has 0 fully saturated rings. The molecule has 0 saturated carbocycles. The van der Waals surface area contributed by atoms with E-state index in [1.54, 1.807) is 18.2 Å². The number of hydrogen-bond acceptors (Lipinski definition) is 4. The predicted molar refractivity (Wildman–Crippen MR) is 125 cm³/mol. The number of carbonyl (C=O) groups excluding carboxylic acids is 1. The predicted octanol–water partition coefficient (Wildman–Crippen LogP) is 3.87. The quantitative estimate of drug-likeness (QED) is 0.489. The molecule has 32 heavy (non-hydrogen) atoms. The average molecular weight is 453 g/mol. The van der Waals surface area contributed by atoms with Crippen LogP contribution in [0.2, 0.25) is 0 Å². The summed E-state index contributed by atoms with van der Waals surface area (Å²) in [5.74, 6) is 0.577. The molecule has 0 radical (unpaired) electrons. The van der Waals surface area contributed by atoms with Gasteiger partial charge in [-0.15, -0.1) is 0 Å². The molecule has 0 bridgehead atoms. The van der Waals surface area contributed by atoms with Crippen molar-refractivity contribution < 1.29 is 17.9 Å². The largest absolute Gasteiger partial charge is 0.489 e. The molecule has 2 N–H and O–H groups in total. The molecule has 1 amide bonds. The van der Waals surface area contributed by atoms with Crippen molar-refractivity contribution in [2.24, 2.45) is 0 Å². The van der Waals surface area contributed by atoms with Crippen LogP contribution < -0.4 is 14.8 Å². The van der Waals surface area contributed by atoms with Crippen molar-refractivity contribution in [3.8, 4) is 5.75 Å². The smallest absolute Gasteiger partial charge is 0.240 e. The van der Waals surface area contributed by atoms with Gasteiger partial charge >= 0.3 is 0 Å². The highest BCUT2D eigenvalue weighted by Crippen LogP contribution is 2.15. The van der Waals surface area contributed by atoms with Gasteiger partial charge < -0.3 is 10.1 Å². The molecule has 7 heteroatoms. The van der Waals surface area contributed by atoms with Crippen LogP contribution in [0.4, 0.5) is 0 Å². The molecule has 168 valence electrons. The van der Waals surface area contributed by atoms with Gasteiger partial charge in [-0.2, -0.15) is 0 Å². The standard InChI is InChI=1S/C25H28N2O4S/c1-19-11-12-24(15-20(19)2)32(29,30)27-14-13-25(28)26-17-21-7-6-8-22(16-21)18-31-23-9-4-3-5-10-23/h3-12,15-16,27H,13-14,17-18H2,1-2H3,(H,26,28). The molecule has 6 nitrogen and oxygen atoms in total. The van der Waals surface area contributed by atoms with Crippen molar-refractivity contribution in [3.63, 3.8) is 0 Å². The minimum Gasteiger partial charge on any atom is -0.489 e. The highest BCUT2D eigenvalue weighted by molar-refractivity contribution is 7.89. The summed E-state index contributed by atoms with van der Waals surface area (Å²) < 4.78 is 33.0. The van der Waals surface area contributed by atoms with Gasteiger partial charge in [0.1, 0.15) is 12.4 Å². The zero-order valence-corrected chi connectivity index (χ0v) is 19.1. The molecule has 0 heterocycles.